The van der Waals surface area contributed by atoms with Gasteiger partial charge in [0.05, 0.1) is 16.5 Å². The van der Waals surface area contributed by atoms with Gasteiger partial charge >= 0.3 is 0 Å². The summed E-state index contributed by atoms with van der Waals surface area (Å²) in [6.45, 7) is 2.18. The van der Waals surface area contributed by atoms with Crippen LogP contribution in [0.25, 0.3) is 0 Å². The zero-order chi connectivity index (χ0) is 19.4. The van der Waals surface area contributed by atoms with Gasteiger partial charge in [0.1, 0.15) is 0 Å². The molecule has 0 saturated heterocycles. The SMILES string of the molecule is CC1=C(C(=O)NCc2ccccc2)[C@H](c2ccc([N+](=O)[O-])cc2)NC(=S)N1. The van der Waals surface area contributed by atoms with Gasteiger partial charge in [0, 0.05) is 24.4 Å². The lowest BCUT2D eigenvalue weighted by Gasteiger charge is -2.30. The maximum atomic E-state index is 12.8. The van der Waals surface area contributed by atoms with Crippen molar-refractivity contribution in [3.05, 3.63) is 87.1 Å². The van der Waals surface area contributed by atoms with Crippen LogP contribution in [0.5, 0.6) is 0 Å². The third-order valence-electron chi connectivity index (χ3n) is 4.25. The highest BCUT2D eigenvalue weighted by molar-refractivity contribution is 7.80. The molecule has 1 atom stereocenters. The molecule has 7 nitrogen and oxygen atoms in total. The van der Waals surface area contributed by atoms with Gasteiger partial charge in [0.25, 0.3) is 11.6 Å². The Morgan fingerprint density at radius 3 is 2.48 bits per heavy atom. The van der Waals surface area contributed by atoms with E-state index in [2.05, 4.69) is 16.0 Å². The zero-order valence-corrected chi connectivity index (χ0v) is 15.4. The minimum absolute atomic E-state index is 0.00829. The van der Waals surface area contributed by atoms with Crippen LogP contribution in [-0.2, 0) is 11.3 Å². The predicted octanol–water partition coefficient (Wildman–Crippen LogP) is 2.70. The van der Waals surface area contributed by atoms with Gasteiger partial charge in [-0.15, -0.1) is 0 Å². The summed E-state index contributed by atoms with van der Waals surface area (Å²) in [5.41, 5.74) is 2.84. The molecule has 1 aliphatic rings. The van der Waals surface area contributed by atoms with Crippen molar-refractivity contribution in [3.63, 3.8) is 0 Å². The van der Waals surface area contributed by atoms with Crippen molar-refractivity contribution in [1.82, 2.24) is 16.0 Å². The lowest BCUT2D eigenvalue weighted by Crippen LogP contribution is -2.46. The molecule has 0 aliphatic carbocycles. The van der Waals surface area contributed by atoms with Crippen molar-refractivity contribution in [2.45, 2.75) is 19.5 Å². The topological polar surface area (TPSA) is 96.3 Å². The van der Waals surface area contributed by atoms with E-state index in [1.165, 1.54) is 12.1 Å². The smallest absolute Gasteiger partial charge is 0.269 e. The van der Waals surface area contributed by atoms with Crippen molar-refractivity contribution in [2.75, 3.05) is 0 Å². The van der Waals surface area contributed by atoms with Crippen molar-refractivity contribution in [1.29, 1.82) is 0 Å². The monoisotopic (exact) mass is 382 g/mol. The van der Waals surface area contributed by atoms with E-state index in [0.29, 0.717) is 28.5 Å². The molecule has 0 radical (unpaired) electrons. The molecule has 1 heterocycles. The van der Waals surface area contributed by atoms with E-state index < -0.39 is 11.0 Å². The van der Waals surface area contributed by atoms with E-state index in [9.17, 15) is 14.9 Å². The van der Waals surface area contributed by atoms with E-state index in [1.54, 1.807) is 19.1 Å². The molecule has 0 spiro atoms. The van der Waals surface area contributed by atoms with Gasteiger partial charge < -0.3 is 16.0 Å². The number of nitrogens with one attached hydrogen (secondary N) is 3. The van der Waals surface area contributed by atoms with Gasteiger partial charge in [-0.3, -0.25) is 14.9 Å². The van der Waals surface area contributed by atoms with E-state index in [-0.39, 0.29) is 11.6 Å². The molecule has 8 heteroatoms. The Morgan fingerprint density at radius 2 is 1.85 bits per heavy atom. The van der Waals surface area contributed by atoms with Crippen LogP contribution in [0.2, 0.25) is 0 Å². The van der Waals surface area contributed by atoms with Crippen molar-refractivity contribution in [3.8, 4) is 0 Å². The Labute approximate surface area is 161 Å². The highest BCUT2D eigenvalue weighted by Gasteiger charge is 2.30. The number of benzene rings is 2. The number of rotatable bonds is 5. The minimum atomic E-state index is -0.490. The number of thiocarbonyl (C=S) groups is 1. The second-order valence-electron chi connectivity index (χ2n) is 6.09. The second kappa shape index (κ2) is 7.96. The summed E-state index contributed by atoms with van der Waals surface area (Å²) in [5.74, 6) is -0.234. The highest BCUT2D eigenvalue weighted by atomic mass is 32.1. The third-order valence-corrected chi connectivity index (χ3v) is 4.47. The number of carbonyl (C=O) groups excluding carboxylic acids is 1. The van der Waals surface area contributed by atoms with Crippen molar-refractivity contribution >= 4 is 28.9 Å². The normalized spacial score (nSPS) is 16.3. The Balaban J connectivity index is 1.85. The molecule has 0 unspecified atom stereocenters. The predicted molar refractivity (Wildman–Crippen MR) is 106 cm³/mol. The lowest BCUT2D eigenvalue weighted by atomic mass is 9.94. The van der Waals surface area contributed by atoms with Gasteiger partial charge in [0.15, 0.2) is 5.11 Å². The summed E-state index contributed by atoms with van der Waals surface area (Å²) in [4.78, 5) is 23.3. The van der Waals surface area contributed by atoms with Crippen LogP contribution >= 0.6 is 12.2 Å². The number of nitro benzene ring substituents is 1. The van der Waals surface area contributed by atoms with Crippen LogP contribution in [0, 0.1) is 10.1 Å². The number of nitrogens with zero attached hydrogens (tertiary/aromatic N) is 1. The quantitative estimate of drug-likeness (QED) is 0.418. The Hall–Kier alpha value is -3.26. The van der Waals surface area contributed by atoms with Crippen molar-refractivity contribution < 1.29 is 9.72 Å². The maximum absolute atomic E-state index is 12.8. The zero-order valence-electron chi connectivity index (χ0n) is 14.6. The third kappa shape index (κ3) is 4.29. The molecule has 3 rings (SSSR count). The molecular weight excluding hydrogens is 364 g/mol. The fourth-order valence-corrected chi connectivity index (χ4v) is 3.18. The fourth-order valence-electron chi connectivity index (χ4n) is 2.91. The minimum Gasteiger partial charge on any atom is -0.351 e. The number of hydrogen-bond acceptors (Lipinski definition) is 4. The molecule has 2 aromatic carbocycles. The first kappa shape index (κ1) is 18.5. The maximum Gasteiger partial charge on any atom is 0.269 e. The molecule has 0 bridgehead atoms. The molecule has 1 amide bonds. The first-order valence-corrected chi connectivity index (χ1v) is 8.71. The Morgan fingerprint density at radius 1 is 1.19 bits per heavy atom. The summed E-state index contributed by atoms with van der Waals surface area (Å²) >= 11 is 5.21. The van der Waals surface area contributed by atoms with Crippen LogP contribution in [0.3, 0.4) is 0 Å². The Kier molecular flexibility index (Phi) is 5.46. The van der Waals surface area contributed by atoms with Gasteiger partial charge in [-0.2, -0.15) is 0 Å². The summed E-state index contributed by atoms with van der Waals surface area (Å²) in [5, 5.41) is 20.2. The van der Waals surface area contributed by atoms with Gasteiger partial charge in [-0.25, -0.2) is 0 Å². The Bertz CT molecular complexity index is 910. The number of nitro groups is 1. The molecular formula is C19H18N4O3S. The largest absolute Gasteiger partial charge is 0.351 e. The number of allylic oxidation sites excluding steroid dienone is 1. The van der Waals surface area contributed by atoms with Gasteiger partial charge in [-0.05, 0) is 42.4 Å². The summed E-state index contributed by atoms with van der Waals surface area (Å²) in [6, 6.07) is 15.2. The van der Waals surface area contributed by atoms with Crippen LogP contribution in [0.15, 0.2) is 65.9 Å². The molecule has 3 N–H and O–H groups in total. The molecule has 0 fully saturated rings. The van der Waals surface area contributed by atoms with E-state index in [1.807, 2.05) is 30.3 Å². The first-order valence-electron chi connectivity index (χ1n) is 8.30. The number of carbonyl (C=O) groups is 1. The molecule has 0 saturated carbocycles. The first-order chi connectivity index (χ1) is 13.0. The van der Waals surface area contributed by atoms with Crippen molar-refractivity contribution in [2.24, 2.45) is 0 Å². The van der Waals surface area contributed by atoms with Gasteiger partial charge in [-0.1, -0.05) is 30.3 Å². The van der Waals surface area contributed by atoms with Gasteiger partial charge in [0.2, 0.25) is 0 Å². The molecule has 138 valence electrons. The number of amides is 1. The molecule has 1 aliphatic heterocycles. The number of hydrogen-bond donors (Lipinski definition) is 3. The average Bonchev–Trinajstić information content (AvgIpc) is 2.66. The van der Waals surface area contributed by atoms with Crippen LogP contribution < -0.4 is 16.0 Å². The lowest BCUT2D eigenvalue weighted by molar-refractivity contribution is -0.384. The summed E-state index contributed by atoms with van der Waals surface area (Å²) < 4.78 is 0. The van der Waals surface area contributed by atoms with Crippen LogP contribution in [-0.4, -0.2) is 15.9 Å². The molecule has 2 aromatic rings. The average molecular weight is 382 g/mol. The standard InChI is InChI=1S/C19H18N4O3S/c1-12-16(18(24)20-11-13-5-3-2-4-6-13)17(22-19(27)21-12)14-7-9-15(10-8-14)23(25)26/h2-10,17H,11H2,1H3,(H,20,24)(H2,21,22,27)/t17-/m0/s1. The fraction of sp³-hybridized carbons (Fsp3) is 0.158. The van der Waals surface area contributed by atoms with E-state index in [4.69, 9.17) is 12.2 Å². The molecule has 27 heavy (non-hydrogen) atoms. The van der Waals surface area contributed by atoms with Crippen LogP contribution in [0.1, 0.15) is 24.1 Å². The second-order valence-corrected chi connectivity index (χ2v) is 6.50. The summed E-state index contributed by atoms with van der Waals surface area (Å²) in [7, 11) is 0. The van der Waals surface area contributed by atoms with Crippen LogP contribution in [0.4, 0.5) is 5.69 Å². The molecule has 0 aromatic heterocycles. The summed E-state index contributed by atoms with van der Waals surface area (Å²) in [6.07, 6.45) is 0. The highest BCUT2D eigenvalue weighted by Crippen LogP contribution is 2.28. The number of non-ortho nitro benzene ring substituents is 1. The van der Waals surface area contributed by atoms with E-state index >= 15 is 0 Å². The van der Waals surface area contributed by atoms with E-state index in [0.717, 1.165) is 5.56 Å².